The van der Waals surface area contributed by atoms with Crippen molar-refractivity contribution < 1.29 is 14.3 Å². The number of rotatable bonds is 5. The quantitative estimate of drug-likeness (QED) is 0.426. The second-order valence-corrected chi connectivity index (χ2v) is 9.20. The van der Waals surface area contributed by atoms with E-state index in [1.807, 2.05) is 32.3 Å². The van der Waals surface area contributed by atoms with E-state index in [4.69, 9.17) is 20.2 Å². The first-order valence-corrected chi connectivity index (χ1v) is 11.2. The van der Waals surface area contributed by atoms with Crippen molar-refractivity contribution in [2.45, 2.75) is 43.7 Å². The molecular weight excluding hydrogens is 416 g/mol. The highest BCUT2D eigenvalue weighted by Gasteiger charge is 2.59. The molecule has 0 saturated heterocycles. The second-order valence-electron chi connectivity index (χ2n) is 9.20. The first-order chi connectivity index (χ1) is 15.9. The molecule has 2 aliphatic carbocycles. The van der Waals surface area contributed by atoms with Gasteiger partial charge in [0.05, 0.1) is 17.7 Å². The number of aliphatic imine (C=N–C) groups is 1. The summed E-state index contributed by atoms with van der Waals surface area (Å²) < 4.78 is 11.7. The number of benzene rings is 2. The van der Waals surface area contributed by atoms with E-state index in [1.165, 1.54) is 0 Å². The van der Waals surface area contributed by atoms with E-state index < -0.39 is 5.54 Å². The van der Waals surface area contributed by atoms with E-state index in [1.54, 1.807) is 36.3 Å². The minimum Gasteiger partial charge on any atom is -0.457 e. The highest BCUT2D eigenvalue weighted by molar-refractivity contribution is 5.84. The molecule has 172 valence electrons. The van der Waals surface area contributed by atoms with Gasteiger partial charge in [0.15, 0.2) is 17.8 Å². The van der Waals surface area contributed by atoms with Crippen molar-refractivity contribution in [3.05, 3.63) is 59.2 Å². The largest absolute Gasteiger partial charge is 0.457 e. The molecule has 1 atom stereocenters. The van der Waals surface area contributed by atoms with Gasteiger partial charge < -0.3 is 24.9 Å². The minimum atomic E-state index is -1.09. The Bertz CT molecular complexity index is 1110. The average Bonchev–Trinajstić information content (AvgIpc) is 3.08. The number of methoxy groups -OCH3 is 1. The van der Waals surface area contributed by atoms with E-state index >= 15 is 0 Å². The number of carbonyl (C=O) groups is 1. The second kappa shape index (κ2) is 8.87. The number of nitrogens with two attached hydrogens (primary N) is 1. The molecular formula is C26H30N4O3. The summed E-state index contributed by atoms with van der Waals surface area (Å²) in [6, 6.07) is 15.0. The van der Waals surface area contributed by atoms with Gasteiger partial charge in [0.25, 0.3) is 0 Å². The number of hydrogen-bond acceptors (Lipinski definition) is 5. The number of aldehydes is 1. The van der Waals surface area contributed by atoms with Crippen LogP contribution in [0.15, 0.2) is 47.5 Å². The molecule has 7 nitrogen and oxygen atoms in total. The molecule has 4 rings (SSSR count). The molecule has 0 aromatic heterocycles. The zero-order chi connectivity index (χ0) is 23.6. The molecule has 0 amide bonds. The minimum absolute atomic E-state index is 0.199. The Hall–Kier alpha value is -3.37. The van der Waals surface area contributed by atoms with Gasteiger partial charge in [-0.15, -0.1) is 0 Å². The SMILES string of the molecule is CO[C@H]1CC[C@]2(CC1)Cc1ccc(Oc3cccc(C#N)c3)cc1[C@@]2(C=O)/N=C(/N)N(C)C. The zero-order valence-electron chi connectivity index (χ0n) is 19.4. The molecule has 1 spiro atoms. The van der Waals surface area contributed by atoms with Crippen molar-refractivity contribution in [3.63, 3.8) is 0 Å². The Morgan fingerprint density at radius 1 is 1.21 bits per heavy atom. The van der Waals surface area contributed by atoms with Crippen molar-refractivity contribution in [3.8, 4) is 17.6 Å². The number of hydrogen-bond donors (Lipinski definition) is 1. The van der Waals surface area contributed by atoms with E-state index in [2.05, 4.69) is 6.07 Å². The van der Waals surface area contributed by atoms with E-state index in [-0.39, 0.29) is 11.5 Å². The topological polar surface area (TPSA) is 101 Å². The third-order valence-electron chi connectivity index (χ3n) is 7.17. The van der Waals surface area contributed by atoms with Gasteiger partial charge >= 0.3 is 0 Å². The first-order valence-electron chi connectivity index (χ1n) is 11.2. The van der Waals surface area contributed by atoms with Gasteiger partial charge in [0, 0.05) is 26.6 Å². The van der Waals surface area contributed by atoms with Crippen LogP contribution in [-0.4, -0.2) is 44.5 Å². The summed E-state index contributed by atoms with van der Waals surface area (Å²) in [6.07, 6.45) is 5.33. The van der Waals surface area contributed by atoms with E-state index in [0.29, 0.717) is 23.0 Å². The molecule has 2 aromatic carbocycles. The van der Waals surface area contributed by atoms with Crippen LogP contribution in [0.5, 0.6) is 11.5 Å². The Labute approximate surface area is 194 Å². The maximum Gasteiger partial charge on any atom is 0.192 e. The molecule has 2 aromatic rings. The fourth-order valence-electron chi connectivity index (χ4n) is 5.29. The van der Waals surface area contributed by atoms with E-state index in [0.717, 1.165) is 49.5 Å². The molecule has 0 bridgehead atoms. The molecule has 2 N–H and O–H groups in total. The fraction of sp³-hybridized carbons (Fsp3) is 0.423. The van der Waals surface area contributed by atoms with Crippen LogP contribution in [0, 0.1) is 16.7 Å². The maximum atomic E-state index is 12.9. The summed E-state index contributed by atoms with van der Waals surface area (Å²) in [5.74, 6) is 1.47. The summed E-state index contributed by atoms with van der Waals surface area (Å²) in [7, 11) is 5.39. The van der Waals surface area contributed by atoms with Crippen LogP contribution >= 0.6 is 0 Å². The molecule has 7 heteroatoms. The third kappa shape index (κ3) is 3.96. The smallest absolute Gasteiger partial charge is 0.192 e. The molecule has 1 saturated carbocycles. The van der Waals surface area contributed by atoms with Crippen LogP contribution in [0.4, 0.5) is 0 Å². The van der Waals surface area contributed by atoms with Gasteiger partial charge in [-0.25, -0.2) is 4.99 Å². The summed E-state index contributed by atoms with van der Waals surface area (Å²) in [5, 5.41) is 9.18. The number of nitriles is 1. The third-order valence-corrected chi connectivity index (χ3v) is 7.17. The van der Waals surface area contributed by atoms with Crippen LogP contribution in [0.3, 0.4) is 0 Å². The van der Waals surface area contributed by atoms with Crippen LogP contribution in [0.2, 0.25) is 0 Å². The van der Waals surface area contributed by atoms with Crippen molar-refractivity contribution in [1.29, 1.82) is 5.26 Å². The molecule has 33 heavy (non-hydrogen) atoms. The lowest BCUT2D eigenvalue weighted by molar-refractivity contribution is -0.118. The Morgan fingerprint density at radius 3 is 2.58 bits per heavy atom. The number of fused-ring (bicyclic) bond motifs is 1. The Balaban J connectivity index is 1.79. The van der Waals surface area contributed by atoms with Gasteiger partial charge in [-0.3, -0.25) is 0 Å². The normalized spacial score (nSPS) is 26.5. The Morgan fingerprint density at radius 2 is 1.94 bits per heavy atom. The summed E-state index contributed by atoms with van der Waals surface area (Å²) in [6.45, 7) is 0. The van der Waals surface area contributed by atoms with Gasteiger partial charge in [-0.1, -0.05) is 12.1 Å². The van der Waals surface area contributed by atoms with Crippen molar-refractivity contribution in [2.24, 2.45) is 16.1 Å². The predicted octanol–water partition coefficient (Wildman–Crippen LogP) is 3.75. The van der Waals surface area contributed by atoms with Crippen LogP contribution < -0.4 is 10.5 Å². The monoisotopic (exact) mass is 446 g/mol. The van der Waals surface area contributed by atoms with Crippen LogP contribution in [0.1, 0.15) is 42.4 Å². The predicted molar refractivity (Wildman–Crippen MR) is 126 cm³/mol. The molecule has 0 unspecified atom stereocenters. The Kier molecular flexibility index (Phi) is 6.13. The standard InChI is InChI=1S/C26H30N4O3/c1-30(2)24(28)29-26(17-31)23-14-22(33-21-6-4-5-18(13-21)16-27)8-7-19(23)15-25(26)11-9-20(32-3)10-12-25/h4-8,13-14,17,20H,9-12,15H2,1-3H3,(H2,28,29)/t20-,25-,26-/m1/s1. The molecule has 0 heterocycles. The van der Waals surface area contributed by atoms with Crippen molar-refractivity contribution in [2.75, 3.05) is 21.2 Å². The average molecular weight is 447 g/mol. The number of ether oxygens (including phenoxy) is 2. The van der Waals surface area contributed by atoms with Crippen LogP contribution in [0.25, 0.3) is 0 Å². The summed E-state index contributed by atoms with van der Waals surface area (Å²) >= 11 is 0. The lowest BCUT2D eigenvalue weighted by atomic mass is 9.62. The molecule has 2 aliphatic rings. The number of nitrogens with zero attached hydrogens (tertiary/aromatic N) is 3. The number of guanidine groups is 1. The fourth-order valence-corrected chi connectivity index (χ4v) is 5.29. The van der Waals surface area contributed by atoms with Crippen molar-refractivity contribution >= 4 is 12.2 Å². The zero-order valence-corrected chi connectivity index (χ0v) is 19.4. The van der Waals surface area contributed by atoms with Gasteiger partial charge in [-0.05, 0) is 73.6 Å². The first kappa shape index (κ1) is 22.8. The van der Waals surface area contributed by atoms with Gasteiger partial charge in [-0.2, -0.15) is 5.26 Å². The highest BCUT2D eigenvalue weighted by Crippen LogP contribution is 2.59. The summed E-state index contributed by atoms with van der Waals surface area (Å²) in [5.41, 5.74) is 7.28. The molecule has 0 aliphatic heterocycles. The number of carbonyl (C=O) groups excluding carboxylic acids is 1. The molecule has 0 radical (unpaired) electrons. The lowest BCUT2D eigenvalue weighted by Crippen LogP contribution is -2.48. The summed E-state index contributed by atoms with van der Waals surface area (Å²) in [4.78, 5) is 19.5. The van der Waals surface area contributed by atoms with E-state index in [9.17, 15) is 10.1 Å². The highest BCUT2D eigenvalue weighted by atomic mass is 16.5. The van der Waals surface area contributed by atoms with Crippen molar-refractivity contribution in [1.82, 2.24) is 4.90 Å². The maximum absolute atomic E-state index is 12.9. The van der Waals surface area contributed by atoms with Gasteiger partial charge in [0.2, 0.25) is 0 Å². The van der Waals surface area contributed by atoms with Crippen LogP contribution in [-0.2, 0) is 21.5 Å². The lowest BCUT2D eigenvalue weighted by Gasteiger charge is -2.45. The van der Waals surface area contributed by atoms with Gasteiger partial charge in [0.1, 0.15) is 11.5 Å². The molecule has 1 fully saturated rings.